The van der Waals surface area contributed by atoms with E-state index in [4.69, 9.17) is 4.74 Å². The smallest absolute Gasteiger partial charge is 0.255 e. The molecule has 4 nitrogen and oxygen atoms in total. The third kappa shape index (κ3) is 4.79. The summed E-state index contributed by atoms with van der Waals surface area (Å²) in [7, 11) is 0. The lowest BCUT2D eigenvalue weighted by Crippen LogP contribution is -2.13. The zero-order valence-corrected chi connectivity index (χ0v) is 14.7. The molecule has 3 aromatic carbocycles. The van der Waals surface area contributed by atoms with Crippen molar-refractivity contribution in [2.24, 2.45) is 0 Å². The summed E-state index contributed by atoms with van der Waals surface area (Å²) in [6.45, 7) is 1.73. The van der Waals surface area contributed by atoms with Gasteiger partial charge in [0.15, 0.2) is 12.4 Å². The van der Waals surface area contributed by atoms with Crippen molar-refractivity contribution in [1.82, 2.24) is 0 Å². The number of Topliss-reactive ketones (excluding diaryl/α,β-unsaturated/α-hetero) is 1. The van der Waals surface area contributed by atoms with Crippen LogP contribution in [0.4, 0.5) is 10.1 Å². The molecular weight excluding hydrogens is 345 g/mol. The molecule has 27 heavy (non-hydrogen) atoms. The molecule has 0 aliphatic carbocycles. The molecule has 0 unspecified atom stereocenters. The fraction of sp³-hybridized carbons (Fsp3) is 0.0909. The fourth-order valence-corrected chi connectivity index (χ4v) is 2.53. The molecular formula is C22H18FNO3. The maximum absolute atomic E-state index is 12.9. The van der Waals surface area contributed by atoms with E-state index >= 15 is 0 Å². The molecule has 3 rings (SSSR count). The molecule has 3 aromatic rings. The summed E-state index contributed by atoms with van der Waals surface area (Å²) in [6.07, 6.45) is 0. The molecule has 0 atom stereocenters. The minimum Gasteiger partial charge on any atom is -0.485 e. The Labute approximate surface area is 156 Å². The minimum atomic E-state index is -0.393. The number of ether oxygens (including phenoxy) is 1. The maximum atomic E-state index is 12.9. The molecule has 1 N–H and O–H groups in total. The number of rotatable bonds is 6. The van der Waals surface area contributed by atoms with Gasteiger partial charge in [0, 0.05) is 16.8 Å². The number of hydrogen-bond donors (Lipinski definition) is 1. The average molecular weight is 363 g/mol. The second-order valence-corrected chi connectivity index (χ2v) is 6.01. The number of carbonyl (C=O) groups is 2. The Bertz CT molecular complexity index is 950. The van der Waals surface area contributed by atoms with Crippen molar-refractivity contribution in [2.45, 2.75) is 6.92 Å². The van der Waals surface area contributed by atoms with E-state index in [9.17, 15) is 14.0 Å². The van der Waals surface area contributed by atoms with Crippen LogP contribution in [0.3, 0.4) is 0 Å². The van der Waals surface area contributed by atoms with Gasteiger partial charge in [-0.1, -0.05) is 18.2 Å². The van der Waals surface area contributed by atoms with Crippen LogP contribution < -0.4 is 10.1 Å². The summed E-state index contributed by atoms with van der Waals surface area (Å²) >= 11 is 0. The van der Waals surface area contributed by atoms with Crippen LogP contribution in [-0.2, 0) is 0 Å². The molecule has 136 valence electrons. The van der Waals surface area contributed by atoms with E-state index in [1.165, 1.54) is 24.3 Å². The average Bonchev–Trinajstić information content (AvgIpc) is 2.68. The van der Waals surface area contributed by atoms with Crippen LogP contribution >= 0.6 is 0 Å². The minimum absolute atomic E-state index is 0.152. The second-order valence-electron chi connectivity index (χ2n) is 6.01. The van der Waals surface area contributed by atoms with Crippen LogP contribution in [0.5, 0.6) is 5.75 Å². The summed E-state index contributed by atoms with van der Waals surface area (Å²) in [5.41, 5.74) is 2.52. The largest absolute Gasteiger partial charge is 0.485 e. The van der Waals surface area contributed by atoms with Crippen molar-refractivity contribution in [3.63, 3.8) is 0 Å². The number of carbonyl (C=O) groups excluding carboxylic acids is 2. The molecule has 0 bridgehead atoms. The van der Waals surface area contributed by atoms with E-state index in [0.29, 0.717) is 22.6 Å². The quantitative estimate of drug-likeness (QED) is 0.649. The highest BCUT2D eigenvalue weighted by molar-refractivity contribution is 6.05. The van der Waals surface area contributed by atoms with Gasteiger partial charge in [0.2, 0.25) is 0 Å². The van der Waals surface area contributed by atoms with Crippen LogP contribution in [0.25, 0.3) is 0 Å². The number of anilines is 1. The van der Waals surface area contributed by atoms with Crippen molar-refractivity contribution in [2.75, 3.05) is 11.9 Å². The van der Waals surface area contributed by atoms with Crippen LogP contribution in [0.2, 0.25) is 0 Å². The number of aryl methyl sites for hydroxylation is 1. The Balaban J connectivity index is 1.57. The molecule has 1 amide bonds. The third-order valence-corrected chi connectivity index (χ3v) is 4.04. The molecule has 0 saturated carbocycles. The topological polar surface area (TPSA) is 55.4 Å². The zero-order chi connectivity index (χ0) is 19.2. The van der Waals surface area contributed by atoms with Gasteiger partial charge in [0.1, 0.15) is 11.6 Å². The van der Waals surface area contributed by atoms with E-state index in [1.54, 1.807) is 30.3 Å². The third-order valence-electron chi connectivity index (χ3n) is 4.04. The molecule has 0 spiro atoms. The lowest BCUT2D eigenvalue weighted by atomic mass is 10.1. The van der Waals surface area contributed by atoms with Crippen LogP contribution in [-0.4, -0.2) is 18.3 Å². The number of nitrogens with one attached hydrogen (secondary N) is 1. The molecule has 0 fully saturated rings. The van der Waals surface area contributed by atoms with Crippen molar-refractivity contribution in [3.05, 3.63) is 95.3 Å². The summed E-state index contributed by atoms with van der Waals surface area (Å²) in [4.78, 5) is 24.3. The molecule has 0 aromatic heterocycles. The van der Waals surface area contributed by atoms with E-state index in [1.807, 2.05) is 25.1 Å². The molecule has 0 aliphatic heterocycles. The summed E-state index contributed by atoms with van der Waals surface area (Å²) < 4.78 is 18.3. The van der Waals surface area contributed by atoms with Gasteiger partial charge in [-0.2, -0.15) is 0 Å². The summed E-state index contributed by atoms with van der Waals surface area (Å²) in [5.74, 6) is -0.324. The summed E-state index contributed by atoms with van der Waals surface area (Å²) in [6, 6.07) is 19.4. The predicted octanol–water partition coefficient (Wildman–Crippen LogP) is 4.65. The monoisotopic (exact) mass is 363 g/mol. The summed E-state index contributed by atoms with van der Waals surface area (Å²) in [5, 5.41) is 2.83. The molecule has 0 radical (unpaired) electrons. The first-order chi connectivity index (χ1) is 13.0. The van der Waals surface area contributed by atoms with Crippen LogP contribution in [0, 0.1) is 12.7 Å². The molecule has 0 aliphatic rings. The highest BCUT2D eigenvalue weighted by Gasteiger charge is 2.09. The van der Waals surface area contributed by atoms with Crippen molar-refractivity contribution >= 4 is 17.4 Å². The maximum Gasteiger partial charge on any atom is 0.255 e. The van der Waals surface area contributed by atoms with E-state index in [2.05, 4.69) is 5.32 Å². The van der Waals surface area contributed by atoms with Gasteiger partial charge in [-0.05, 0) is 67.1 Å². The van der Waals surface area contributed by atoms with E-state index in [0.717, 1.165) is 5.56 Å². The van der Waals surface area contributed by atoms with Gasteiger partial charge >= 0.3 is 0 Å². The van der Waals surface area contributed by atoms with E-state index in [-0.39, 0.29) is 18.3 Å². The number of benzene rings is 3. The lowest BCUT2D eigenvalue weighted by molar-refractivity contribution is 0.0921. The van der Waals surface area contributed by atoms with Gasteiger partial charge < -0.3 is 10.1 Å². The Morgan fingerprint density at radius 2 is 1.59 bits per heavy atom. The van der Waals surface area contributed by atoms with Crippen molar-refractivity contribution in [3.8, 4) is 5.75 Å². The van der Waals surface area contributed by atoms with Gasteiger partial charge in [0.05, 0.1) is 0 Å². The number of hydrogen-bond acceptors (Lipinski definition) is 3. The molecule has 0 heterocycles. The van der Waals surface area contributed by atoms with Crippen LogP contribution in [0.15, 0.2) is 72.8 Å². The Hall–Kier alpha value is -3.47. The molecule has 0 saturated heterocycles. The van der Waals surface area contributed by atoms with Gasteiger partial charge in [-0.3, -0.25) is 9.59 Å². The first-order valence-corrected chi connectivity index (χ1v) is 8.41. The first-order valence-electron chi connectivity index (χ1n) is 8.41. The second kappa shape index (κ2) is 8.27. The lowest BCUT2D eigenvalue weighted by Gasteiger charge is -2.09. The van der Waals surface area contributed by atoms with Crippen molar-refractivity contribution in [1.29, 1.82) is 0 Å². The molecule has 5 heteroatoms. The van der Waals surface area contributed by atoms with E-state index < -0.39 is 5.82 Å². The highest BCUT2D eigenvalue weighted by Crippen LogP contribution is 2.18. The SMILES string of the molecule is Cc1ccccc1C(=O)Nc1ccc(OCC(=O)c2ccc(F)cc2)cc1. The standard InChI is InChI=1S/C22H18FNO3/c1-15-4-2-3-5-20(15)22(26)24-18-10-12-19(13-11-18)27-14-21(25)16-6-8-17(23)9-7-16/h2-13H,14H2,1H3,(H,24,26). The highest BCUT2D eigenvalue weighted by atomic mass is 19.1. The number of halogens is 1. The normalized spacial score (nSPS) is 10.3. The van der Waals surface area contributed by atoms with Crippen LogP contribution in [0.1, 0.15) is 26.3 Å². The Kier molecular flexibility index (Phi) is 5.61. The first kappa shape index (κ1) is 18.3. The Morgan fingerprint density at radius 3 is 2.26 bits per heavy atom. The zero-order valence-electron chi connectivity index (χ0n) is 14.7. The predicted molar refractivity (Wildman–Crippen MR) is 102 cm³/mol. The number of ketones is 1. The van der Waals surface area contributed by atoms with Crippen molar-refractivity contribution < 1.29 is 18.7 Å². The van der Waals surface area contributed by atoms with Gasteiger partial charge in [0.25, 0.3) is 5.91 Å². The fourth-order valence-electron chi connectivity index (χ4n) is 2.53. The van der Waals surface area contributed by atoms with Gasteiger partial charge in [-0.15, -0.1) is 0 Å². The van der Waals surface area contributed by atoms with Gasteiger partial charge in [-0.25, -0.2) is 4.39 Å². The Morgan fingerprint density at radius 1 is 0.926 bits per heavy atom. The number of amides is 1.